The molecule has 0 atom stereocenters. The molecular weight excluding hydrogens is 368 g/mol. The predicted molar refractivity (Wildman–Crippen MR) is 103 cm³/mol. The molecule has 3 aromatic heterocycles. The van der Waals surface area contributed by atoms with Crippen LogP contribution in [0, 0.1) is 0 Å². The molecule has 1 fully saturated rings. The van der Waals surface area contributed by atoms with Crippen molar-refractivity contribution in [2.24, 2.45) is 0 Å². The average molecular weight is 391 g/mol. The number of H-pyrrole nitrogens is 1. The highest BCUT2D eigenvalue weighted by atomic mass is 32.2. The van der Waals surface area contributed by atoms with Crippen LogP contribution in [0.4, 0.5) is 0 Å². The maximum absolute atomic E-state index is 12.4. The van der Waals surface area contributed by atoms with E-state index in [0.717, 1.165) is 29.4 Å². The van der Waals surface area contributed by atoms with Gasteiger partial charge in [-0.15, -0.1) is 5.10 Å². The third kappa shape index (κ3) is 3.83. The van der Waals surface area contributed by atoms with E-state index in [2.05, 4.69) is 32.2 Å². The molecule has 0 spiro atoms. The number of nitrogens with zero attached hydrogens (tertiary/aromatic N) is 5. The molecule has 7 nitrogen and oxygen atoms in total. The Bertz CT molecular complexity index is 940. The van der Waals surface area contributed by atoms with E-state index < -0.39 is 0 Å². The molecule has 0 unspecified atom stereocenters. The van der Waals surface area contributed by atoms with Crippen LogP contribution in [0.5, 0.6) is 0 Å². The van der Waals surface area contributed by atoms with Gasteiger partial charge in [0, 0.05) is 24.2 Å². The quantitative estimate of drug-likeness (QED) is 0.647. The van der Waals surface area contributed by atoms with Crippen molar-refractivity contribution in [2.45, 2.75) is 68.7 Å². The van der Waals surface area contributed by atoms with Crippen LogP contribution in [0.2, 0.25) is 0 Å². The van der Waals surface area contributed by atoms with Gasteiger partial charge in [-0.2, -0.15) is 9.61 Å². The Hall–Kier alpha value is -1.74. The summed E-state index contributed by atoms with van der Waals surface area (Å²) in [6.07, 6.45) is 8.07. The number of aromatic nitrogens is 6. The third-order valence-corrected chi connectivity index (χ3v) is 6.57. The molecule has 0 amide bonds. The van der Waals surface area contributed by atoms with Gasteiger partial charge in [-0.3, -0.25) is 9.89 Å². The van der Waals surface area contributed by atoms with Gasteiger partial charge in [0.2, 0.25) is 10.1 Å². The highest BCUT2D eigenvalue weighted by Crippen LogP contribution is 2.34. The molecular formula is C17H22N6OS2. The number of fused-ring (bicyclic) bond motifs is 1. The second-order valence-corrected chi connectivity index (χ2v) is 8.59. The summed E-state index contributed by atoms with van der Waals surface area (Å²) in [6.45, 7) is 2.11. The van der Waals surface area contributed by atoms with Crippen molar-refractivity contribution in [1.29, 1.82) is 0 Å². The van der Waals surface area contributed by atoms with Crippen molar-refractivity contribution < 1.29 is 0 Å². The molecule has 4 rings (SSSR count). The van der Waals surface area contributed by atoms with Gasteiger partial charge >= 0.3 is 0 Å². The molecule has 0 aliphatic heterocycles. The van der Waals surface area contributed by atoms with Crippen LogP contribution in [-0.2, 0) is 12.2 Å². The van der Waals surface area contributed by atoms with Crippen LogP contribution < -0.4 is 5.56 Å². The summed E-state index contributed by atoms with van der Waals surface area (Å²) in [6, 6.07) is 1.57. The van der Waals surface area contributed by atoms with E-state index >= 15 is 0 Å². The van der Waals surface area contributed by atoms with E-state index in [-0.39, 0.29) is 5.56 Å². The minimum absolute atomic E-state index is 0.106. The van der Waals surface area contributed by atoms with E-state index in [1.807, 2.05) is 0 Å². The van der Waals surface area contributed by atoms with Gasteiger partial charge in [-0.1, -0.05) is 49.3 Å². The lowest BCUT2D eigenvalue weighted by molar-refractivity contribution is 0.439. The first-order valence-electron chi connectivity index (χ1n) is 9.16. The molecule has 1 N–H and O–H groups in total. The number of aromatic amines is 1. The Morgan fingerprint density at radius 2 is 2.15 bits per heavy atom. The molecule has 1 saturated carbocycles. The Morgan fingerprint density at radius 3 is 2.96 bits per heavy atom. The van der Waals surface area contributed by atoms with E-state index in [1.54, 1.807) is 17.4 Å². The second-order valence-electron chi connectivity index (χ2n) is 6.66. The van der Waals surface area contributed by atoms with Gasteiger partial charge in [0.15, 0.2) is 0 Å². The van der Waals surface area contributed by atoms with Crippen LogP contribution in [0.25, 0.3) is 4.96 Å². The number of aryl methyl sites for hydroxylation is 1. The van der Waals surface area contributed by atoms with Crippen molar-refractivity contribution in [2.75, 3.05) is 0 Å². The maximum atomic E-state index is 12.4. The average Bonchev–Trinajstić information content (AvgIpc) is 3.28. The van der Waals surface area contributed by atoms with Gasteiger partial charge in [-0.25, -0.2) is 9.97 Å². The Morgan fingerprint density at radius 1 is 1.31 bits per heavy atom. The van der Waals surface area contributed by atoms with Crippen molar-refractivity contribution in [3.63, 3.8) is 0 Å². The lowest BCUT2D eigenvalue weighted by Crippen LogP contribution is -2.15. The standard InChI is InChI=1S/C17H22N6OS2/c1-2-6-13-19-16(21-20-13)25-10-12-9-14(24)23-17(18-12)26-15(22-23)11-7-4-3-5-8-11/h9,11H,2-8,10H2,1H3,(H,19,20,21). The fraction of sp³-hybridized carbons (Fsp3) is 0.588. The van der Waals surface area contributed by atoms with Crippen LogP contribution in [0.3, 0.4) is 0 Å². The van der Waals surface area contributed by atoms with E-state index in [4.69, 9.17) is 0 Å². The predicted octanol–water partition coefficient (Wildman–Crippen LogP) is 3.56. The fourth-order valence-corrected chi connectivity index (χ4v) is 5.09. The number of thioether (sulfide) groups is 1. The minimum atomic E-state index is -0.106. The Kier molecular flexibility index (Phi) is 5.35. The summed E-state index contributed by atoms with van der Waals surface area (Å²) < 4.78 is 1.45. The highest BCUT2D eigenvalue weighted by molar-refractivity contribution is 7.98. The summed E-state index contributed by atoms with van der Waals surface area (Å²) in [4.78, 5) is 22.2. The number of nitrogens with one attached hydrogen (secondary N) is 1. The molecule has 0 saturated heterocycles. The molecule has 9 heteroatoms. The monoisotopic (exact) mass is 390 g/mol. The van der Waals surface area contributed by atoms with Gasteiger partial charge in [-0.05, 0) is 19.3 Å². The first kappa shape index (κ1) is 17.7. The van der Waals surface area contributed by atoms with Gasteiger partial charge < -0.3 is 0 Å². The van der Waals surface area contributed by atoms with Crippen molar-refractivity contribution in [3.05, 3.63) is 32.9 Å². The number of rotatable bonds is 6. The smallest absolute Gasteiger partial charge is 0.267 e. The topological polar surface area (TPSA) is 88.8 Å². The Balaban J connectivity index is 1.51. The zero-order chi connectivity index (χ0) is 17.9. The van der Waals surface area contributed by atoms with E-state index in [1.165, 1.54) is 48.4 Å². The van der Waals surface area contributed by atoms with E-state index in [9.17, 15) is 4.79 Å². The zero-order valence-electron chi connectivity index (χ0n) is 14.8. The van der Waals surface area contributed by atoms with Gasteiger partial charge in [0.1, 0.15) is 10.8 Å². The van der Waals surface area contributed by atoms with Crippen molar-refractivity contribution >= 4 is 28.1 Å². The summed E-state index contributed by atoms with van der Waals surface area (Å²) in [5, 5.41) is 13.4. The van der Waals surface area contributed by atoms with Crippen LogP contribution in [0.1, 0.15) is 67.9 Å². The molecule has 0 aromatic carbocycles. The molecule has 1 aliphatic rings. The second kappa shape index (κ2) is 7.87. The van der Waals surface area contributed by atoms with E-state index in [0.29, 0.717) is 21.8 Å². The van der Waals surface area contributed by atoms with Gasteiger partial charge in [0.25, 0.3) is 5.56 Å². The normalized spacial score (nSPS) is 15.7. The van der Waals surface area contributed by atoms with Crippen LogP contribution in [-0.4, -0.2) is 29.8 Å². The lowest BCUT2D eigenvalue weighted by atomic mass is 9.90. The first-order chi connectivity index (χ1) is 12.7. The molecule has 26 heavy (non-hydrogen) atoms. The third-order valence-electron chi connectivity index (χ3n) is 4.62. The van der Waals surface area contributed by atoms with Gasteiger partial charge in [0.05, 0.1) is 5.69 Å². The summed E-state index contributed by atoms with van der Waals surface area (Å²) in [5.41, 5.74) is 0.645. The molecule has 3 aromatic rings. The van der Waals surface area contributed by atoms with Crippen LogP contribution in [0.15, 0.2) is 16.0 Å². The largest absolute Gasteiger partial charge is 0.275 e. The van der Waals surface area contributed by atoms with Crippen LogP contribution >= 0.6 is 23.1 Å². The summed E-state index contributed by atoms with van der Waals surface area (Å²) >= 11 is 3.05. The number of hydrogen-bond donors (Lipinski definition) is 1. The fourth-order valence-electron chi connectivity index (χ4n) is 3.29. The molecule has 3 heterocycles. The number of hydrogen-bond acceptors (Lipinski definition) is 7. The first-order valence-corrected chi connectivity index (χ1v) is 11.0. The minimum Gasteiger partial charge on any atom is -0.267 e. The molecule has 0 radical (unpaired) electrons. The lowest BCUT2D eigenvalue weighted by Gasteiger charge is -2.18. The van der Waals surface area contributed by atoms with Crippen molar-refractivity contribution in [3.8, 4) is 0 Å². The molecule has 1 aliphatic carbocycles. The highest BCUT2D eigenvalue weighted by Gasteiger charge is 2.20. The molecule has 0 bridgehead atoms. The SMILES string of the molecule is CCCc1nc(SCc2cc(=O)n3nc(C4CCCCC4)sc3n2)n[nH]1. The Labute approximate surface area is 159 Å². The molecule has 138 valence electrons. The maximum Gasteiger partial charge on any atom is 0.275 e. The summed E-state index contributed by atoms with van der Waals surface area (Å²) in [5.74, 6) is 1.96. The van der Waals surface area contributed by atoms with Crippen molar-refractivity contribution in [1.82, 2.24) is 29.8 Å². The summed E-state index contributed by atoms with van der Waals surface area (Å²) in [7, 11) is 0. The zero-order valence-corrected chi connectivity index (χ0v) is 16.4.